The van der Waals surface area contributed by atoms with Crippen LogP contribution in [0, 0.1) is 0 Å². The van der Waals surface area contributed by atoms with E-state index in [2.05, 4.69) is 12.1 Å². The summed E-state index contributed by atoms with van der Waals surface area (Å²) in [7, 11) is 0. The Balaban J connectivity index is 1.75. The molecule has 4 heteroatoms. The van der Waals surface area contributed by atoms with Crippen molar-refractivity contribution in [2.75, 3.05) is 5.75 Å². The fourth-order valence-electron chi connectivity index (χ4n) is 2.00. The van der Waals surface area contributed by atoms with Crippen molar-refractivity contribution < 1.29 is 4.42 Å². The molecule has 0 spiro atoms. The van der Waals surface area contributed by atoms with Gasteiger partial charge in [-0.1, -0.05) is 30.3 Å². The third kappa shape index (κ3) is 2.58. The average molecular weight is 271 g/mol. The van der Waals surface area contributed by atoms with E-state index in [4.69, 9.17) is 4.42 Å². The zero-order valence-corrected chi connectivity index (χ0v) is 11.1. The second-order valence-electron chi connectivity index (χ2n) is 4.15. The number of aromatic nitrogens is 1. The predicted octanol–water partition coefficient (Wildman–Crippen LogP) is 3.39. The standard InChI is InChI=1S/C15H13NO2S/c17-15-16(13-8-4-5-9-14(13)18-15)10-11-19-12-6-2-1-3-7-12/h1-9H,10-11H2. The van der Waals surface area contributed by atoms with E-state index in [0.717, 1.165) is 11.3 Å². The Morgan fingerprint density at radius 1 is 1.00 bits per heavy atom. The van der Waals surface area contributed by atoms with E-state index in [1.54, 1.807) is 16.3 Å². The fraction of sp³-hybridized carbons (Fsp3) is 0.133. The molecule has 0 saturated heterocycles. The molecule has 1 aromatic heterocycles. The van der Waals surface area contributed by atoms with Crippen molar-refractivity contribution in [3.8, 4) is 0 Å². The van der Waals surface area contributed by atoms with Crippen LogP contribution in [0.1, 0.15) is 0 Å². The van der Waals surface area contributed by atoms with E-state index in [0.29, 0.717) is 12.1 Å². The summed E-state index contributed by atoms with van der Waals surface area (Å²) in [5, 5.41) is 0. The van der Waals surface area contributed by atoms with Gasteiger partial charge < -0.3 is 4.42 Å². The van der Waals surface area contributed by atoms with E-state index < -0.39 is 0 Å². The van der Waals surface area contributed by atoms with Crippen molar-refractivity contribution in [1.82, 2.24) is 4.57 Å². The summed E-state index contributed by atoms with van der Waals surface area (Å²) in [6.07, 6.45) is 0. The minimum atomic E-state index is -0.283. The monoisotopic (exact) mass is 271 g/mol. The van der Waals surface area contributed by atoms with Gasteiger partial charge in [-0.25, -0.2) is 4.79 Å². The average Bonchev–Trinajstić information content (AvgIpc) is 2.76. The number of thioether (sulfide) groups is 1. The number of hydrogen-bond acceptors (Lipinski definition) is 3. The van der Waals surface area contributed by atoms with Crippen LogP contribution in [-0.2, 0) is 6.54 Å². The number of rotatable bonds is 4. The molecule has 0 aliphatic heterocycles. The minimum Gasteiger partial charge on any atom is -0.408 e. The highest BCUT2D eigenvalue weighted by Gasteiger charge is 2.07. The molecule has 3 aromatic rings. The molecule has 0 N–H and O–H groups in total. The maximum atomic E-state index is 11.8. The van der Waals surface area contributed by atoms with Crippen molar-refractivity contribution in [1.29, 1.82) is 0 Å². The Morgan fingerprint density at radius 3 is 2.58 bits per heavy atom. The van der Waals surface area contributed by atoms with Gasteiger partial charge in [-0.15, -0.1) is 11.8 Å². The largest absolute Gasteiger partial charge is 0.419 e. The highest BCUT2D eigenvalue weighted by molar-refractivity contribution is 7.99. The number of aryl methyl sites for hydroxylation is 1. The van der Waals surface area contributed by atoms with Gasteiger partial charge >= 0.3 is 5.76 Å². The highest BCUT2D eigenvalue weighted by atomic mass is 32.2. The molecule has 0 amide bonds. The summed E-state index contributed by atoms with van der Waals surface area (Å²) < 4.78 is 6.89. The van der Waals surface area contributed by atoms with Crippen molar-refractivity contribution in [3.05, 3.63) is 65.1 Å². The Bertz CT molecular complexity index is 730. The first kappa shape index (κ1) is 12.1. The van der Waals surface area contributed by atoms with E-state index in [9.17, 15) is 4.79 Å². The third-order valence-electron chi connectivity index (χ3n) is 2.90. The van der Waals surface area contributed by atoms with Gasteiger partial charge in [0.15, 0.2) is 5.58 Å². The minimum absolute atomic E-state index is 0.283. The van der Waals surface area contributed by atoms with Crippen LogP contribution >= 0.6 is 11.8 Å². The number of para-hydroxylation sites is 2. The fourth-order valence-corrected chi connectivity index (χ4v) is 2.86. The summed E-state index contributed by atoms with van der Waals surface area (Å²) in [5.41, 5.74) is 1.51. The van der Waals surface area contributed by atoms with Crippen molar-refractivity contribution >= 4 is 22.9 Å². The number of fused-ring (bicyclic) bond motifs is 1. The summed E-state index contributed by atoms with van der Waals surface area (Å²) >= 11 is 1.73. The third-order valence-corrected chi connectivity index (χ3v) is 3.89. The van der Waals surface area contributed by atoms with Gasteiger partial charge in [0.05, 0.1) is 5.52 Å². The van der Waals surface area contributed by atoms with Crippen molar-refractivity contribution in [2.24, 2.45) is 0 Å². The molecular formula is C15H13NO2S. The van der Waals surface area contributed by atoms with Gasteiger partial charge in [0.25, 0.3) is 0 Å². The van der Waals surface area contributed by atoms with Crippen LogP contribution in [-0.4, -0.2) is 10.3 Å². The molecule has 0 aliphatic carbocycles. The molecular weight excluding hydrogens is 258 g/mol. The zero-order valence-electron chi connectivity index (χ0n) is 10.3. The molecule has 0 fully saturated rings. The molecule has 2 aromatic carbocycles. The molecule has 1 heterocycles. The van der Waals surface area contributed by atoms with E-state index in [1.807, 2.05) is 42.5 Å². The lowest BCUT2D eigenvalue weighted by Gasteiger charge is -2.02. The number of benzene rings is 2. The van der Waals surface area contributed by atoms with Gasteiger partial charge in [-0.3, -0.25) is 4.57 Å². The van der Waals surface area contributed by atoms with Crippen LogP contribution in [0.3, 0.4) is 0 Å². The Kier molecular flexibility index (Phi) is 3.42. The van der Waals surface area contributed by atoms with Gasteiger partial charge in [0.1, 0.15) is 0 Å². The van der Waals surface area contributed by atoms with E-state index in [-0.39, 0.29) is 5.76 Å². The molecule has 0 aliphatic rings. The summed E-state index contributed by atoms with van der Waals surface area (Å²) in [5.74, 6) is 0.558. The van der Waals surface area contributed by atoms with E-state index in [1.165, 1.54) is 4.90 Å². The molecule has 3 rings (SSSR count). The van der Waals surface area contributed by atoms with Crippen LogP contribution in [0.2, 0.25) is 0 Å². The molecule has 0 radical (unpaired) electrons. The zero-order chi connectivity index (χ0) is 13.1. The smallest absolute Gasteiger partial charge is 0.408 e. The number of oxazole rings is 1. The topological polar surface area (TPSA) is 35.1 Å². The first-order valence-corrected chi connectivity index (χ1v) is 7.09. The van der Waals surface area contributed by atoms with Crippen molar-refractivity contribution in [2.45, 2.75) is 11.4 Å². The maximum Gasteiger partial charge on any atom is 0.419 e. The van der Waals surface area contributed by atoms with Crippen LogP contribution in [0.4, 0.5) is 0 Å². The highest BCUT2D eigenvalue weighted by Crippen LogP contribution is 2.18. The molecule has 0 unspecified atom stereocenters. The first-order chi connectivity index (χ1) is 9.34. The Labute approximate surface area is 114 Å². The second kappa shape index (κ2) is 5.36. The first-order valence-electron chi connectivity index (χ1n) is 6.11. The maximum absolute atomic E-state index is 11.8. The van der Waals surface area contributed by atoms with Gasteiger partial charge in [0.2, 0.25) is 0 Å². The second-order valence-corrected chi connectivity index (χ2v) is 5.32. The normalized spacial score (nSPS) is 10.9. The molecule has 3 nitrogen and oxygen atoms in total. The van der Waals surface area contributed by atoms with Gasteiger partial charge in [-0.2, -0.15) is 0 Å². The molecule has 96 valence electrons. The van der Waals surface area contributed by atoms with Gasteiger partial charge in [0, 0.05) is 17.2 Å². The Morgan fingerprint density at radius 2 is 1.74 bits per heavy atom. The molecule has 0 bridgehead atoms. The number of hydrogen-bond donors (Lipinski definition) is 0. The molecule has 0 saturated carbocycles. The predicted molar refractivity (Wildman–Crippen MR) is 77.6 cm³/mol. The van der Waals surface area contributed by atoms with Crippen molar-refractivity contribution in [3.63, 3.8) is 0 Å². The number of nitrogens with zero attached hydrogens (tertiary/aromatic N) is 1. The van der Waals surface area contributed by atoms with Crippen LogP contribution in [0.15, 0.2) is 68.7 Å². The van der Waals surface area contributed by atoms with Gasteiger partial charge in [-0.05, 0) is 24.3 Å². The van der Waals surface area contributed by atoms with Crippen LogP contribution in [0.5, 0.6) is 0 Å². The lowest BCUT2D eigenvalue weighted by Crippen LogP contribution is -2.15. The van der Waals surface area contributed by atoms with Crippen LogP contribution in [0.25, 0.3) is 11.1 Å². The molecule has 0 atom stereocenters. The SMILES string of the molecule is O=c1oc2ccccc2n1CCSc1ccccc1. The lowest BCUT2D eigenvalue weighted by molar-refractivity contribution is 0.514. The lowest BCUT2D eigenvalue weighted by atomic mass is 10.3. The summed E-state index contributed by atoms with van der Waals surface area (Å²) in [6.45, 7) is 0.648. The van der Waals surface area contributed by atoms with E-state index >= 15 is 0 Å². The molecule has 19 heavy (non-hydrogen) atoms. The van der Waals surface area contributed by atoms with Crippen LogP contribution < -0.4 is 5.76 Å². The summed E-state index contributed by atoms with van der Waals surface area (Å²) in [6, 6.07) is 17.7. The summed E-state index contributed by atoms with van der Waals surface area (Å²) in [4.78, 5) is 13.0. The Hall–Kier alpha value is -1.94. The quantitative estimate of drug-likeness (QED) is 0.682.